The van der Waals surface area contributed by atoms with Crippen molar-refractivity contribution in [1.29, 1.82) is 0 Å². The van der Waals surface area contributed by atoms with Gasteiger partial charge in [0.05, 0.1) is 13.2 Å². The van der Waals surface area contributed by atoms with Gasteiger partial charge >= 0.3 is 0 Å². The van der Waals surface area contributed by atoms with E-state index in [-0.39, 0.29) is 24.0 Å². The van der Waals surface area contributed by atoms with Crippen molar-refractivity contribution in [2.75, 3.05) is 46.4 Å². The van der Waals surface area contributed by atoms with Crippen LogP contribution in [0.15, 0.2) is 39.9 Å². The van der Waals surface area contributed by atoms with Crippen LogP contribution in [0.3, 0.4) is 0 Å². The third kappa shape index (κ3) is 8.42. The quantitative estimate of drug-likeness (QED) is 0.287. The Morgan fingerprint density at radius 1 is 1.23 bits per heavy atom. The molecule has 2 heterocycles. The zero-order chi connectivity index (χ0) is 21.2. The third-order valence-electron chi connectivity index (χ3n) is 5.47. The average molecular weight is 541 g/mol. The van der Waals surface area contributed by atoms with Gasteiger partial charge < -0.3 is 24.7 Å². The van der Waals surface area contributed by atoms with Crippen molar-refractivity contribution >= 4 is 29.9 Å². The van der Waals surface area contributed by atoms with Gasteiger partial charge in [0.1, 0.15) is 12.0 Å². The van der Waals surface area contributed by atoms with Gasteiger partial charge in [-0.25, -0.2) is 9.98 Å². The molecule has 0 aliphatic carbocycles. The van der Waals surface area contributed by atoms with Crippen LogP contribution >= 0.6 is 24.0 Å². The summed E-state index contributed by atoms with van der Waals surface area (Å²) < 4.78 is 10.8. The first-order chi connectivity index (χ1) is 14.7. The molecule has 1 aromatic carbocycles. The van der Waals surface area contributed by atoms with Crippen LogP contribution in [0.4, 0.5) is 0 Å². The van der Waals surface area contributed by atoms with E-state index in [4.69, 9.17) is 9.15 Å². The van der Waals surface area contributed by atoms with Crippen molar-refractivity contribution in [2.45, 2.75) is 33.2 Å². The Kier molecular flexibility index (Phi) is 11.3. The number of piperidine rings is 1. The molecule has 0 spiro atoms. The molecule has 1 saturated heterocycles. The lowest BCUT2D eigenvalue weighted by atomic mass is 9.97. The summed E-state index contributed by atoms with van der Waals surface area (Å²) in [5, 5.41) is 6.83. The largest absolute Gasteiger partial charge is 0.444 e. The van der Waals surface area contributed by atoms with Crippen LogP contribution in [0.2, 0.25) is 0 Å². The van der Waals surface area contributed by atoms with Gasteiger partial charge in [0, 0.05) is 32.3 Å². The van der Waals surface area contributed by atoms with Crippen LogP contribution < -0.4 is 10.6 Å². The topological polar surface area (TPSA) is 74.9 Å². The Hall–Kier alpha value is -1.65. The van der Waals surface area contributed by atoms with Gasteiger partial charge in [0.2, 0.25) is 5.89 Å². The van der Waals surface area contributed by atoms with E-state index in [1.165, 1.54) is 18.4 Å². The molecular formula is C23H36IN5O2. The minimum atomic E-state index is 0. The van der Waals surface area contributed by atoms with Gasteiger partial charge in [0.15, 0.2) is 5.96 Å². The number of ether oxygens (including phenoxy) is 1. The molecule has 0 atom stereocenters. The highest BCUT2D eigenvalue weighted by Gasteiger charge is 2.19. The molecular weight excluding hydrogens is 505 g/mol. The second-order valence-corrected chi connectivity index (χ2v) is 7.86. The van der Waals surface area contributed by atoms with Crippen LogP contribution in [-0.4, -0.2) is 62.3 Å². The van der Waals surface area contributed by atoms with E-state index < -0.39 is 0 Å². The fourth-order valence-electron chi connectivity index (χ4n) is 3.59. The van der Waals surface area contributed by atoms with Crippen molar-refractivity contribution in [3.63, 3.8) is 0 Å². The smallest absolute Gasteiger partial charge is 0.226 e. The molecule has 0 radical (unpaired) electrons. The Balaban J connectivity index is 0.00000341. The lowest BCUT2D eigenvalue weighted by Crippen LogP contribution is -2.43. The summed E-state index contributed by atoms with van der Waals surface area (Å²) in [6.07, 6.45) is 4.11. The number of likely N-dealkylation sites (tertiary alicyclic amines) is 1. The molecule has 8 heteroatoms. The summed E-state index contributed by atoms with van der Waals surface area (Å²) in [6.45, 7) is 10.5. The van der Waals surface area contributed by atoms with Gasteiger partial charge in [-0.1, -0.05) is 17.7 Å². The van der Waals surface area contributed by atoms with Crippen molar-refractivity contribution < 1.29 is 9.15 Å². The fraction of sp³-hybridized carbons (Fsp3) is 0.565. The molecule has 1 aliphatic rings. The second kappa shape index (κ2) is 13.7. The van der Waals surface area contributed by atoms with Gasteiger partial charge in [-0.05, 0) is 57.8 Å². The van der Waals surface area contributed by atoms with Crippen LogP contribution in [0.5, 0.6) is 0 Å². The third-order valence-corrected chi connectivity index (χ3v) is 5.47. The number of rotatable bonds is 9. The van der Waals surface area contributed by atoms with E-state index in [2.05, 4.69) is 51.5 Å². The summed E-state index contributed by atoms with van der Waals surface area (Å²) in [4.78, 5) is 11.8. The predicted octanol–water partition coefficient (Wildman–Crippen LogP) is 3.68. The molecule has 0 bridgehead atoms. The second-order valence-electron chi connectivity index (χ2n) is 7.86. The summed E-state index contributed by atoms with van der Waals surface area (Å²) in [7, 11) is 1.76. The summed E-state index contributed by atoms with van der Waals surface area (Å²) >= 11 is 0. The molecule has 7 nitrogen and oxygen atoms in total. The number of halogens is 1. The lowest BCUT2D eigenvalue weighted by Gasteiger charge is -2.32. The van der Waals surface area contributed by atoms with Gasteiger partial charge in [-0.15, -0.1) is 24.0 Å². The monoisotopic (exact) mass is 541 g/mol. The number of oxazole rings is 1. The average Bonchev–Trinajstić information content (AvgIpc) is 3.24. The highest BCUT2D eigenvalue weighted by Crippen LogP contribution is 2.19. The lowest BCUT2D eigenvalue weighted by molar-refractivity contribution is 0.121. The summed E-state index contributed by atoms with van der Waals surface area (Å²) in [5.41, 5.74) is 3.03. The molecule has 1 aliphatic heterocycles. The van der Waals surface area contributed by atoms with Crippen LogP contribution in [0.25, 0.3) is 11.5 Å². The Bertz CT molecular complexity index is 786. The van der Waals surface area contributed by atoms with Gasteiger partial charge in [-0.3, -0.25) is 0 Å². The fourth-order valence-corrected chi connectivity index (χ4v) is 3.59. The molecule has 31 heavy (non-hydrogen) atoms. The minimum Gasteiger partial charge on any atom is -0.444 e. The standard InChI is InChI=1S/C23H35N5O2.HI/c1-4-24-23(25-15-19-9-11-28(12-10-19)13-14-29-3)26-16-21-17-30-22(27-21)20-7-5-18(2)6-8-20;/h5-8,17,19H,4,9-16H2,1-3H3,(H2,24,25,26);1H. The Morgan fingerprint density at radius 3 is 2.65 bits per heavy atom. The normalized spacial score (nSPS) is 15.5. The highest BCUT2D eigenvalue weighted by atomic mass is 127. The molecule has 172 valence electrons. The van der Waals surface area contributed by atoms with Crippen LogP contribution in [-0.2, 0) is 11.3 Å². The first-order valence-electron chi connectivity index (χ1n) is 10.9. The molecule has 1 aromatic heterocycles. The van der Waals surface area contributed by atoms with Crippen molar-refractivity contribution in [1.82, 2.24) is 20.5 Å². The maximum Gasteiger partial charge on any atom is 0.226 e. The Labute approximate surface area is 203 Å². The van der Waals surface area contributed by atoms with Gasteiger partial charge in [-0.2, -0.15) is 0 Å². The van der Waals surface area contributed by atoms with Crippen molar-refractivity contribution in [2.24, 2.45) is 10.9 Å². The molecule has 1 fully saturated rings. The number of methoxy groups -OCH3 is 1. The summed E-state index contributed by atoms with van der Waals surface area (Å²) in [5.74, 6) is 2.14. The molecule has 2 N–H and O–H groups in total. The molecule has 2 aromatic rings. The molecule has 0 saturated carbocycles. The van der Waals surface area contributed by atoms with E-state index in [0.29, 0.717) is 18.4 Å². The van der Waals surface area contributed by atoms with Crippen LogP contribution in [0.1, 0.15) is 31.0 Å². The van der Waals surface area contributed by atoms with Gasteiger partial charge in [0.25, 0.3) is 0 Å². The van der Waals surface area contributed by atoms with E-state index in [1.807, 2.05) is 12.1 Å². The number of aryl methyl sites for hydroxylation is 1. The van der Waals surface area contributed by atoms with Crippen LogP contribution in [0, 0.1) is 12.8 Å². The molecule has 0 amide bonds. The number of nitrogens with zero attached hydrogens (tertiary/aromatic N) is 3. The van der Waals surface area contributed by atoms with Crippen molar-refractivity contribution in [3.05, 3.63) is 41.8 Å². The van der Waals surface area contributed by atoms with E-state index in [9.17, 15) is 0 Å². The van der Waals surface area contributed by atoms with E-state index in [0.717, 1.165) is 56.5 Å². The first-order valence-corrected chi connectivity index (χ1v) is 10.9. The number of guanidine groups is 1. The Morgan fingerprint density at radius 2 is 1.97 bits per heavy atom. The highest BCUT2D eigenvalue weighted by molar-refractivity contribution is 14.0. The maximum absolute atomic E-state index is 5.64. The number of benzene rings is 1. The number of aliphatic imine (C=N–C) groups is 1. The number of hydrogen-bond acceptors (Lipinski definition) is 5. The molecule has 0 unspecified atom stereocenters. The van der Waals surface area contributed by atoms with E-state index in [1.54, 1.807) is 13.4 Å². The number of nitrogens with one attached hydrogen (secondary N) is 2. The SMILES string of the molecule is CCNC(=NCc1coc(-c2ccc(C)cc2)n1)NCC1CCN(CCOC)CC1.I. The maximum atomic E-state index is 5.64. The first kappa shape index (κ1) is 25.6. The van der Waals surface area contributed by atoms with Crippen molar-refractivity contribution in [3.8, 4) is 11.5 Å². The zero-order valence-corrected chi connectivity index (χ0v) is 21.2. The zero-order valence-electron chi connectivity index (χ0n) is 18.9. The number of aromatic nitrogens is 1. The number of hydrogen-bond donors (Lipinski definition) is 2. The summed E-state index contributed by atoms with van der Waals surface area (Å²) in [6, 6.07) is 8.18. The minimum absolute atomic E-state index is 0. The predicted molar refractivity (Wildman–Crippen MR) is 136 cm³/mol. The molecule has 3 rings (SSSR count). The van der Waals surface area contributed by atoms with E-state index >= 15 is 0 Å².